The Morgan fingerprint density at radius 1 is 1.38 bits per heavy atom. The van der Waals surface area contributed by atoms with Crippen LogP contribution in [0, 0.1) is 11.3 Å². The predicted molar refractivity (Wildman–Crippen MR) is 83.4 cm³/mol. The maximum Gasteiger partial charge on any atom is 0.309 e. The van der Waals surface area contributed by atoms with E-state index in [0.29, 0.717) is 24.4 Å². The lowest BCUT2D eigenvalue weighted by Crippen LogP contribution is -2.35. The highest BCUT2D eigenvalue weighted by Gasteiger charge is 2.26. The highest BCUT2D eigenvalue weighted by atomic mass is 35.5. The molecule has 0 saturated heterocycles. The van der Waals surface area contributed by atoms with Crippen LogP contribution in [0.2, 0.25) is 5.02 Å². The number of carbonyl (C=O) groups is 2. The number of benzene rings is 1. The molecule has 0 radical (unpaired) electrons. The largest absolute Gasteiger partial charge is 0.481 e. The first-order valence-electron chi connectivity index (χ1n) is 6.98. The third kappa shape index (κ3) is 5.76. The van der Waals surface area contributed by atoms with Crippen LogP contribution in [-0.4, -0.2) is 23.5 Å². The topological polar surface area (TPSA) is 66.4 Å². The first-order chi connectivity index (χ1) is 9.72. The van der Waals surface area contributed by atoms with Crippen molar-refractivity contribution in [2.75, 3.05) is 6.54 Å². The molecule has 21 heavy (non-hydrogen) atoms. The van der Waals surface area contributed by atoms with Gasteiger partial charge >= 0.3 is 5.97 Å². The molecule has 0 aliphatic heterocycles. The van der Waals surface area contributed by atoms with Crippen LogP contribution in [-0.2, 0) is 16.0 Å². The zero-order valence-corrected chi connectivity index (χ0v) is 13.4. The molecule has 1 unspecified atom stereocenters. The van der Waals surface area contributed by atoms with E-state index in [0.717, 1.165) is 5.56 Å². The van der Waals surface area contributed by atoms with Crippen molar-refractivity contribution < 1.29 is 14.7 Å². The maximum atomic E-state index is 12.0. The fourth-order valence-electron chi connectivity index (χ4n) is 1.89. The number of carboxylic acid groups (broad SMARTS) is 1. The minimum Gasteiger partial charge on any atom is -0.481 e. The number of carbonyl (C=O) groups excluding carboxylic acids is 1. The Balaban J connectivity index is 2.43. The number of amides is 1. The van der Waals surface area contributed by atoms with Crippen LogP contribution >= 0.6 is 11.6 Å². The fourth-order valence-corrected chi connectivity index (χ4v) is 2.10. The van der Waals surface area contributed by atoms with Gasteiger partial charge in [0.15, 0.2) is 0 Å². The highest BCUT2D eigenvalue weighted by molar-refractivity contribution is 6.30. The van der Waals surface area contributed by atoms with Gasteiger partial charge in [0.05, 0.1) is 5.41 Å². The molecule has 1 rings (SSSR count). The summed E-state index contributed by atoms with van der Waals surface area (Å²) in [5.74, 6) is -1.11. The molecular formula is C16H22ClNO3. The second-order valence-corrected chi connectivity index (χ2v) is 6.40. The van der Waals surface area contributed by atoms with Crippen molar-refractivity contribution in [1.82, 2.24) is 5.32 Å². The van der Waals surface area contributed by atoms with E-state index in [1.165, 1.54) is 0 Å². The molecule has 0 saturated carbocycles. The second-order valence-electron chi connectivity index (χ2n) is 5.97. The van der Waals surface area contributed by atoms with Gasteiger partial charge in [-0.05, 0) is 44.4 Å². The number of hydrogen-bond donors (Lipinski definition) is 2. The molecule has 0 spiro atoms. The monoisotopic (exact) mass is 311 g/mol. The first-order valence-corrected chi connectivity index (χ1v) is 7.36. The number of aliphatic carboxylic acids is 1. The Morgan fingerprint density at radius 3 is 2.62 bits per heavy atom. The Bertz CT molecular complexity index is 514. The van der Waals surface area contributed by atoms with Crippen molar-refractivity contribution in [3.8, 4) is 0 Å². The summed E-state index contributed by atoms with van der Waals surface area (Å²) >= 11 is 5.92. The molecule has 0 fully saturated rings. The van der Waals surface area contributed by atoms with E-state index in [-0.39, 0.29) is 11.8 Å². The maximum absolute atomic E-state index is 12.0. The van der Waals surface area contributed by atoms with Gasteiger partial charge in [0, 0.05) is 17.5 Å². The number of hydrogen-bond acceptors (Lipinski definition) is 2. The summed E-state index contributed by atoms with van der Waals surface area (Å²) < 4.78 is 0. The molecule has 4 nitrogen and oxygen atoms in total. The van der Waals surface area contributed by atoms with E-state index in [9.17, 15) is 9.59 Å². The number of carboxylic acids is 1. The minimum atomic E-state index is -0.858. The molecule has 116 valence electrons. The van der Waals surface area contributed by atoms with E-state index in [1.807, 2.05) is 25.1 Å². The van der Waals surface area contributed by atoms with E-state index >= 15 is 0 Å². The van der Waals surface area contributed by atoms with Gasteiger partial charge in [0.1, 0.15) is 0 Å². The van der Waals surface area contributed by atoms with Gasteiger partial charge in [-0.25, -0.2) is 0 Å². The SMILES string of the molecule is CC(Cc1cccc(Cl)c1)C(=O)NCCC(C)(C)C(=O)O. The van der Waals surface area contributed by atoms with Crippen LogP contribution in [0.25, 0.3) is 0 Å². The van der Waals surface area contributed by atoms with Crippen LogP contribution in [0.4, 0.5) is 0 Å². The number of halogens is 1. The van der Waals surface area contributed by atoms with E-state index in [2.05, 4.69) is 5.32 Å². The summed E-state index contributed by atoms with van der Waals surface area (Å²) in [6.07, 6.45) is 1.01. The van der Waals surface area contributed by atoms with Crippen molar-refractivity contribution in [3.63, 3.8) is 0 Å². The molecule has 0 aliphatic carbocycles. The Hall–Kier alpha value is -1.55. The van der Waals surface area contributed by atoms with Crippen molar-refractivity contribution >= 4 is 23.5 Å². The Kier molecular flexibility index (Phi) is 6.21. The van der Waals surface area contributed by atoms with Gasteiger partial charge in [-0.3, -0.25) is 9.59 Å². The molecule has 5 heteroatoms. The summed E-state index contributed by atoms with van der Waals surface area (Å²) in [6.45, 7) is 5.50. The molecule has 1 atom stereocenters. The van der Waals surface area contributed by atoms with E-state index in [4.69, 9.17) is 16.7 Å². The normalized spacial score (nSPS) is 12.8. The highest BCUT2D eigenvalue weighted by Crippen LogP contribution is 2.19. The van der Waals surface area contributed by atoms with Crippen molar-refractivity contribution in [3.05, 3.63) is 34.9 Å². The van der Waals surface area contributed by atoms with Gasteiger partial charge in [-0.2, -0.15) is 0 Å². The second kappa shape index (κ2) is 7.46. The van der Waals surface area contributed by atoms with Crippen LogP contribution in [0.3, 0.4) is 0 Å². The molecule has 1 amide bonds. The fraction of sp³-hybridized carbons (Fsp3) is 0.500. The zero-order valence-electron chi connectivity index (χ0n) is 12.6. The molecule has 0 bridgehead atoms. The minimum absolute atomic E-state index is 0.0730. The lowest BCUT2D eigenvalue weighted by molar-refractivity contribution is -0.147. The van der Waals surface area contributed by atoms with Gasteiger partial charge < -0.3 is 10.4 Å². The molecule has 2 N–H and O–H groups in total. The summed E-state index contributed by atoms with van der Waals surface area (Å²) in [6, 6.07) is 7.43. The summed E-state index contributed by atoms with van der Waals surface area (Å²) in [5.41, 5.74) is 0.180. The van der Waals surface area contributed by atoms with E-state index in [1.54, 1.807) is 19.9 Å². The molecule has 0 aromatic heterocycles. The smallest absolute Gasteiger partial charge is 0.309 e. The lowest BCUT2D eigenvalue weighted by Gasteiger charge is -2.20. The zero-order chi connectivity index (χ0) is 16.0. The van der Waals surface area contributed by atoms with Crippen LogP contribution in [0.5, 0.6) is 0 Å². The average molecular weight is 312 g/mol. The number of nitrogens with one attached hydrogen (secondary N) is 1. The third-order valence-electron chi connectivity index (χ3n) is 3.51. The molecular weight excluding hydrogens is 290 g/mol. The molecule has 1 aromatic rings. The van der Waals surface area contributed by atoms with Crippen LogP contribution in [0.1, 0.15) is 32.8 Å². The standard InChI is InChI=1S/C16H22ClNO3/c1-11(9-12-5-4-6-13(17)10-12)14(19)18-8-7-16(2,3)15(20)21/h4-6,10-11H,7-9H2,1-3H3,(H,18,19)(H,20,21). The van der Waals surface area contributed by atoms with Crippen LogP contribution in [0.15, 0.2) is 24.3 Å². The van der Waals surface area contributed by atoms with Crippen LogP contribution < -0.4 is 5.32 Å². The average Bonchev–Trinajstić information content (AvgIpc) is 2.38. The Morgan fingerprint density at radius 2 is 2.05 bits per heavy atom. The molecule has 0 aliphatic rings. The Labute approximate surface area is 130 Å². The lowest BCUT2D eigenvalue weighted by atomic mass is 9.89. The van der Waals surface area contributed by atoms with Gasteiger partial charge in [0.25, 0.3) is 0 Å². The number of rotatable bonds is 7. The quantitative estimate of drug-likeness (QED) is 0.813. The predicted octanol–water partition coefficient (Wildman–Crippen LogP) is 3.14. The molecule has 1 aromatic carbocycles. The van der Waals surface area contributed by atoms with Crippen molar-refractivity contribution in [1.29, 1.82) is 0 Å². The first kappa shape index (κ1) is 17.5. The van der Waals surface area contributed by atoms with Crippen molar-refractivity contribution in [2.24, 2.45) is 11.3 Å². The van der Waals surface area contributed by atoms with E-state index < -0.39 is 11.4 Å². The van der Waals surface area contributed by atoms with Gasteiger partial charge in [-0.1, -0.05) is 30.7 Å². The third-order valence-corrected chi connectivity index (χ3v) is 3.74. The van der Waals surface area contributed by atoms with Crippen molar-refractivity contribution in [2.45, 2.75) is 33.6 Å². The molecule has 0 heterocycles. The summed E-state index contributed by atoms with van der Waals surface area (Å²) in [7, 11) is 0. The summed E-state index contributed by atoms with van der Waals surface area (Å²) in [5, 5.41) is 12.5. The summed E-state index contributed by atoms with van der Waals surface area (Å²) in [4.78, 5) is 23.0. The van der Waals surface area contributed by atoms with Gasteiger partial charge in [-0.15, -0.1) is 0 Å². The van der Waals surface area contributed by atoms with Gasteiger partial charge in [0.2, 0.25) is 5.91 Å².